The van der Waals surface area contributed by atoms with Gasteiger partial charge in [-0.1, -0.05) is 48.2 Å². The average molecular weight is 386 g/mol. The van der Waals surface area contributed by atoms with Gasteiger partial charge in [-0.05, 0) is 25.0 Å². The van der Waals surface area contributed by atoms with Crippen molar-refractivity contribution in [1.29, 1.82) is 0 Å². The first-order valence-corrected chi connectivity index (χ1v) is 9.80. The molecule has 1 amide bonds. The normalized spacial score (nSPS) is 12.2. The summed E-state index contributed by atoms with van der Waals surface area (Å²) in [7, 11) is 0. The van der Waals surface area contributed by atoms with Gasteiger partial charge in [-0.2, -0.15) is 0 Å². The van der Waals surface area contributed by atoms with Crippen LogP contribution < -0.4 is 11.3 Å². The Kier molecular flexibility index (Phi) is 5.29. The molecule has 2 heterocycles. The molecule has 3 aromatic rings. The zero-order valence-corrected chi connectivity index (χ0v) is 16.2. The third kappa shape index (κ3) is 3.32. The molecular weight excluding hydrogens is 366 g/mol. The zero-order chi connectivity index (χ0) is 18.8. The van der Waals surface area contributed by atoms with Gasteiger partial charge >= 0.3 is 0 Å². The number of hydrogen-bond acceptors (Lipinski definition) is 5. The van der Waals surface area contributed by atoms with Crippen LogP contribution in [0.3, 0.4) is 0 Å². The predicted molar refractivity (Wildman–Crippen MR) is 109 cm³/mol. The van der Waals surface area contributed by atoms with Crippen LogP contribution >= 0.6 is 23.1 Å². The van der Waals surface area contributed by atoms with E-state index in [0.29, 0.717) is 21.9 Å². The number of thioether (sulfide) groups is 1. The van der Waals surface area contributed by atoms with E-state index in [1.807, 2.05) is 37.3 Å². The summed E-state index contributed by atoms with van der Waals surface area (Å²) in [5, 5.41) is 0.617. The molecule has 7 heteroatoms. The molecule has 0 aliphatic heterocycles. The van der Waals surface area contributed by atoms with Crippen LogP contribution in [-0.2, 0) is 11.3 Å². The molecule has 0 fully saturated rings. The van der Waals surface area contributed by atoms with Crippen molar-refractivity contribution < 1.29 is 4.79 Å². The van der Waals surface area contributed by atoms with E-state index in [1.54, 1.807) is 17.6 Å². The fourth-order valence-electron chi connectivity index (χ4n) is 2.66. The van der Waals surface area contributed by atoms with E-state index >= 15 is 0 Å². The minimum atomic E-state index is -0.481. The number of carbonyl (C=O) groups is 1. The second-order valence-electron chi connectivity index (χ2n) is 5.86. The SMILES string of the molecule is C=CCn1c(S[C@H](C)C(N)=O)nc2sc(-c3ccccc3)c(C)c2c1=O. The fourth-order valence-corrected chi connectivity index (χ4v) is 4.75. The number of amides is 1. The average Bonchev–Trinajstić information content (AvgIpc) is 2.95. The number of thiophene rings is 1. The summed E-state index contributed by atoms with van der Waals surface area (Å²) in [5.74, 6) is -0.443. The van der Waals surface area contributed by atoms with Crippen LogP contribution in [0, 0.1) is 6.92 Å². The number of allylic oxidation sites excluding steroid dienone is 1. The minimum absolute atomic E-state index is 0.120. The number of aromatic nitrogens is 2. The molecule has 3 rings (SSSR count). The minimum Gasteiger partial charge on any atom is -0.369 e. The van der Waals surface area contributed by atoms with E-state index in [0.717, 1.165) is 16.0 Å². The summed E-state index contributed by atoms with van der Waals surface area (Å²) in [4.78, 5) is 30.9. The van der Waals surface area contributed by atoms with Gasteiger partial charge in [0.2, 0.25) is 5.91 Å². The molecule has 5 nitrogen and oxygen atoms in total. The molecule has 2 N–H and O–H groups in total. The van der Waals surface area contributed by atoms with Gasteiger partial charge in [-0.25, -0.2) is 4.98 Å². The van der Waals surface area contributed by atoms with E-state index in [9.17, 15) is 9.59 Å². The van der Waals surface area contributed by atoms with Crippen LogP contribution in [0.15, 0.2) is 52.9 Å². The van der Waals surface area contributed by atoms with Gasteiger partial charge in [0.05, 0.1) is 10.6 Å². The lowest BCUT2D eigenvalue weighted by Gasteiger charge is -2.12. The van der Waals surface area contributed by atoms with Crippen molar-refractivity contribution in [2.75, 3.05) is 0 Å². The number of carbonyl (C=O) groups excluding carboxylic acids is 1. The van der Waals surface area contributed by atoms with Crippen molar-refractivity contribution in [3.63, 3.8) is 0 Å². The van der Waals surface area contributed by atoms with E-state index in [4.69, 9.17) is 5.73 Å². The summed E-state index contributed by atoms with van der Waals surface area (Å²) in [5.41, 5.74) is 7.23. The van der Waals surface area contributed by atoms with Crippen LogP contribution in [0.5, 0.6) is 0 Å². The Labute approximate surface area is 159 Å². The first-order valence-electron chi connectivity index (χ1n) is 8.10. The molecule has 0 aliphatic carbocycles. The maximum atomic E-state index is 13.1. The van der Waals surface area contributed by atoms with Crippen molar-refractivity contribution >= 4 is 39.2 Å². The molecule has 0 saturated carbocycles. The molecule has 26 heavy (non-hydrogen) atoms. The molecule has 0 radical (unpaired) electrons. The van der Waals surface area contributed by atoms with Crippen molar-refractivity contribution in [3.8, 4) is 10.4 Å². The van der Waals surface area contributed by atoms with Gasteiger partial charge in [0, 0.05) is 11.4 Å². The lowest BCUT2D eigenvalue weighted by molar-refractivity contribution is -0.117. The first-order chi connectivity index (χ1) is 12.4. The second kappa shape index (κ2) is 7.47. The van der Waals surface area contributed by atoms with Crippen LogP contribution in [0.4, 0.5) is 0 Å². The lowest BCUT2D eigenvalue weighted by atomic mass is 10.1. The van der Waals surface area contributed by atoms with Gasteiger partial charge in [0.1, 0.15) is 4.83 Å². The molecule has 134 valence electrons. The topological polar surface area (TPSA) is 78.0 Å². The third-order valence-electron chi connectivity index (χ3n) is 4.05. The summed E-state index contributed by atoms with van der Waals surface area (Å²) < 4.78 is 1.55. The quantitative estimate of drug-likeness (QED) is 0.400. The highest BCUT2D eigenvalue weighted by Crippen LogP contribution is 2.36. The number of fused-ring (bicyclic) bond motifs is 1. The van der Waals surface area contributed by atoms with Crippen LogP contribution in [0.1, 0.15) is 12.5 Å². The smallest absolute Gasteiger partial charge is 0.263 e. The molecular formula is C19H19N3O2S2. The van der Waals surface area contributed by atoms with E-state index in [-0.39, 0.29) is 5.56 Å². The maximum Gasteiger partial charge on any atom is 0.263 e. The lowest BCUT2D eigenvalue weighted by Crippen LogP contribution is -2.27. The monoisotopic (exact) mass is 385 g/mol. The van der Waals surface area contributed by atoms with Gasteiger partial charge in [-0.3, -0.25) is 14.2 Å². The fraction of sp³-hybridized carbons (Fsp3) is 0.211. The molecule has 0 spiro atoms. The zero-order valence-electron chi connectivity index (χ0n) is 14.6. The Morgan fingerprint density at radius 2 is 2.12 bits per heavy atom. The van der Waals surface area contributed by atoms with Gasteiger partial charge in [0.15, 0.2) is 5.16 Å². The van der Waals surface area contributed by atoms with Crippen LogP contribution in [-0.4, -0.2) is 20.7 Å². The molecule has 0 saturated heterocycles. The van der Waals surface area contributed by atoms with Crippen LogP contribution in [0.25, 0.3) is 20.7 Å². The Morgan fingerprint density at radius 3 is 2.73 bits per heavy atom. The number of primary amides is 1. The number of nitrogens with zero attached hydrogens (tertiary/aromatic N) is 2. The standard InChI is InChI=1S/C19H19N3O2S2/c1-4-10-22-18(24)14-11(2)15(13-8-6-5-7-9-13)26-17(14)21-19(22)25-12(3)16(20)23/h4-9,12H,1,10H2,2-3H3,(H2,20,23)/t12-/m1/s1. The number of hydrogen-bond donors (Lipinski definition) is 1. The largest absolute Gasteiger partial charge is 0.369 e. The van der Waals surface area contributed by atoms with E-state index in [2.05, 4.69) is 11.6 Å². The Bertz CT molecular complexity index is 1040. The van der Waals surface area contributed by atoms with Crippen LogP contribution in [0.2, 0.25) is 0 Å². The number of nitrogens with two attached hydrogens (primary N) is 1. The summed E-state index contributed by atoms with van der Waals surface area (Å²) in [6.45, 7) is 7.70. The summed E-state index contributed by atoms with van der Waals surface area (Å²) in [6.07, 6.45) is 1.65. The van der Waals surface area contributed by atoms with Crippen molar-refractivity contribution in [1.82, 2.24) is 9.55 Å². The van der Waals surface area contributed by atoms with E-state index < -0.39 is 11.2 Å². The van der Waals surface area contributed by atoms with Crippen molar-refractivity contribution in [2.24, 2.45) is 5.73 Å². The van der Waals surface area contributed by atoms with E-state index in [1.165, 1.54) is 23.1 Å². The Hall–Kier alpha value is -2.38. The third-order valence-corrected chi connectivity index (χ3v) is 6.39. The molecule has 0 unspecified atom stereocenters. The highest BCUT2D eigenvalue weighted by atomic mass is 32.2. The molecule has 0 bridgehead atoms. The van der Waals surface area contributed by atoms with Gasteiger partial charge < -0.3 is 5.73 Å². The highest BCUT2D eigenvalue weighted by molar-refractivity contribution is 8.00. The molecule has 1 aromatic carbocycles. The highest BCUT2D eigenvalue weighted by Gasteiger charge is 2.21. The number of aryl methyl sites for hydroxylation is 1. The van der Waals surface area contributed by atoms with Crippen molar-refractivity contribution in [3.05, 3.63) is 58.9 Å². The van der Waals surface area contributed by atoms with Crippen molar-refractivity contribution in [2.45, 2.75) is 30.8 Å². The summed E-state index contributed by atoms with van der Waals surface area (Å²) >= 11 is 2.68. The molecule has 1 atom stereocenters. The maximum absolute atomic E-state index is 13.1. The summed E-state index contributed by atoms with van der Waals surface area (Å²) in [6, 6.07) is 9.94. The molecule has 0 aliphatic rings. The van der Waals surface area contributed by atoms with Gasteiger partial charge in [-0.15, -0.1) is 17.9 Å². The molecule has 2 aromatic heterocycles. The number of rotatable bonds is 6. The second-order valence-corrected chi connectivity index (χ2v) is 8.17. The predicted octanol–water partition coefficient (Wildman–Crippen LogP) is 3.59. The Morgan fingerprint density at radius 1 is 1.42 bits per heavy atom. The van der Waals surface area contributed by atoms with Gasteiger partial charge in [0.25, 0.3) is 5.56 Å². The Balaban J connectivity index is 2.24. The number of benzene rings is 1. The first kappa shape index (κ1) is 18.4.